The zero-order valence-corrected chi connectivity index (χ0v) is 13.0. The van der Waals surface area contributed by atoms with E-state index < -0.39 is 0 Å². The van der Waals surface area contributed by atoms with Gasteiger partial charge in [-0.3, -0.25) is 0 Å². The van der Waals surface area contributed by atoms with Gasteiger partial charge in [-0.1, -0.05) is 31.1 Å². The van der Waals surface area contributed by atoms with E-state index in [4.69, 9.17) is 4.74 Å². The average Bonchev–Trinajstić information content (AvgIpc) is 3.16. The molecule has 0 aliphatic heterocycles. The summed E-state index contributed by atoms with van der Waals surface area (Å²) < 4.78 is 6.74. The number of nitrogens with one attached hydrogen (secondary N) is 1. The molecule has 1 saturated carbocycles. The summed E-state index contributed by atoms with van der Waals surface area (Å²) in [6, 6.07) is 6.69. The quantitative estimate of drug-likeness (QED) is 0.803. The minimum Gasteiger partial charge on any atom is -0.494 e. The fourth-order valence-corrected chi connectivity index (χ4v) is 3.45. The molecule has 3 rings (SSSR count). The lowest BCUT2D eigenvalue weighted by molar-refractivity contribution is 0.341. The van der Waals surface area contributed by atoms with E-state index >= 15 is 0 Å². The maximum atomic E-state index is 5.54. The van der Waals surface area contributed by atoms with Gasteiger partial charge in [0.15, 0.2) is 5.13 Å². The monoisotopic (exact) mass is 290 g/mol. The Bertz CT molecular complexity index is 577. The third kappa shape index (κ3) is 3.23. The molecule has 0 bridgehead atoms. The summed E-state index contributed by atoms with van der Waals surface area (Å²) in [5, 5.41) is 4.65. The van der Waals surface area contributed by atoms with Crippen LogP contribution in [-0.2, 0) is 0 Å². The summed E-state index contributed by atoms with van der Waals surface area (Å²) in [5.41, 5.74) is 1.06. The molecule has 1 unspecified atom stereocenters. The van der Waals surface area contributed by atoms with Crippen molar-refractivity contribution in [3.8, 4) is 5.75 Å². The lowest BCUT2D eigenvalue weighted by Gasteiger charge is -2.15. The van der Waals surface area contributed by atoms with Crippen LogP contribution in [0.5, 0.6) is 5.75 Å². The molecule has 20 heavy (non-hydrogen) atoms. The zero-order valence-electron chi connectivity index (χ0n) is 12.2. The van der Waals surface area contributed by atoms with Gasteiger partial charge in [-0.15, -0.1) is 0 Å². The van der Waals surface area contributed by atoms with Crippen molar-refractivity contribution in [2.45, 2.75) is 45.6 Å². The second kappa shape index (κ2) is 6.00. The van der Waals surface area contributed by atoms with Gasteiger partial charge in [0.05, 0.1) is 16.8 Å². The van der Waals surface area contributed by atoms with Gasteiger partial charge in [0, 0.05) is 6.04 Å². The molecular formula is C16H22N2OS. The van der Waals surface area contributed by atoms with Crippen molar-refractivity contribution < 1.29 is 4.74 Å². The first-order chi connectivity index (χ1) is 9.78. The van der Waals surface area contributed by atoms with Crippen LogP contribution >= 0.6 is 11.3 Å². The van der Waals surface area contributed by atoms with Crippen LogP contribution < -0.4 is 10.1 Å². The minimum absolute atomic E-state index is 0.564. The second-order valence-electron chi connectivity index (χ2n) is 5.51. The van der Waals surface area contributed by atoms with E-state index in [-0.39, 0.29) is 0 Å². The molecule has 1 heterocycles. The Hall–Kier alpha value is -1.29. The van der Waals surface area contributed by atoms with Crippen LogP contribution in [0, 0.1) is 5.92 Å². The van der Waals surface area contributed by atoms with E-state index in [1.807, 2.05) is 19.1 Å². The maximum absolute atomic E-state index is 5.54. The molecule has 1 aromatic carbocycles. The molecule has 2 aromatic rings. The van der Waals surface area contributed by atoms with Crippen LogP contribution in [0.3, 0.4) is 0 Å². The van der Waals surface area contributed by atoms with Gasteiger partial charge >= 0.3 is 0 Å². The normalized spacial score (nSPS) is 16.3. The molecular weight excluding hydrogens is 268 g/mol. The first-order valence-corrected chi connectivity index (χ1v) is 8.40. The Balaban J connectivity index is 1.73. The summed E-state index contributed by atoms with van der Waals surface area (Å²) in [4.78, 5) is 4.68. The van der Waals surface area contributed by atoms with E-state index in [1.54, 1.807) is 11.3 Å². The number of benzene rings is 1. The summed E-state index contributed by atoms with van der Waals surface area (Å²) in [6.45, 7) is 4.96. The number of hydrogen-bond acceptors (Lipinski definition) is 4. The van der Waals surface area contributed by atoms with E-state index in [1.165, 1.54) is 24.0 Å². The highest BCUT2D eigenvalue weighted by molar-refractivity contribution is 7.22. The predicted octanol–water partition coefficient (Wildman–Crippen LogP) is 4.69. The first-order valence-electron chi connectivity index (χ1n) is 7.58. The van der Waals surface area contributed by atoms with E-state index in [9.17, 15) is 0 Å². The fraction of sp³-hybridized carbons (Fsp3) is 0.562. The van der Waals surface area contributed by atoms with Crippen molar-refractivity contribution in [3.63, 3.8) is 0 Å². The topological polar surface area (TPSA) is 34.1 Å². The summed E-state index contributed by atoms with van der Waals surface area (Å²) in [7, 11) is 0. The lowest BCUT2D eigenvalue weighted by atomic mass is 10.1. The molecule has 0 radical (unpaired) electrons. The number of aromatic nitrogens is 1. The third-order valence-electron chi connectivity index (χ3n) is 3.81. The molecule has 1 atom stereocenters. The van der Waals surface area contributed by atoms with Crippen LogP contribution in [-0.4, -0.2) is 17.6 Å². The molecule has 0 amide bonds. The van der Waals surface area contributed by atoms with Gasteiger partial charge in [-0.2, -0.15) is 0 Å². The number of fused-ring (bicyclic) bond motifs is 1. The molecule has 0 saturated heterocycles. The van der Waals surface area contributed by atoms with Crippen molar-refractivity contribution >= 4 is 26.7 Å². The number of ether oxygens (including phenoxy) is 1. The number of thiazole rings is 1. The number of hydrogen-bond donors (Lipinski definition) is 1. The maximum Gasteiger partial charge on any atom is 0.184 e. The highest BCUT2D eigenvalue weighted by Crippen LogP contribution is 2.36. The van der Waals surface area contributed by atoms with Crippen molar-refractivity contribution in [2.24, 2.45) is 5.92 Å². The molecule has 1 aromatic heterocycles. The highest BCUT2D eigenvalue weighted by atomic mass is 32.1. The predicted molar refractivity (Wildman–Crippen MR) is 85.8 cm³/mol. The van der Waals surface area contributed by atoms with Crippen molar-refractivity contribution in [2.75, 3.05) is 11.9 Å². The Morgan fingerprint density at radius 3 is 2.95 bits per heavy atom. The van der Waals surface area contributed by atoms with Crippen molar-refractivity contribution in [1.29, 1.82) is 0 Å². The van der Waals surface area contributed by atoms with Gasteiger partial charge in [0.1, 0.15) is 5.75 Å². The molecule has 1 fully saturated rings. The van der Waals surface area contributed by atoms with Gasteiger partial charge in [-0.05, 0) is 43.9 Å². The van der Waals surface area contributed by atoms with Crippen LogP contribution in [0.15, 0.2) is 18.2 Å². The first kappa shape index (κ1) is 13.7. The number of rotatable bonds is 7. The standard InChI is InChI=1S/C16H22N2OS/c1-3-12(9-11-5-6-11)17-16-18-14-8-7-13(19-4-2)10-15(14)20-16/h7-8,10-12H,3-6,9H2,1-2H3,(H,17,18). The van der Waals surface area contributed by atoms with Gasteiger partial charge in [-0.25, -0.2) is 4.98 Å². The van der Waals surface area contributed by atoms with Crippen LogP contribution in [0.2, 0.25) is 0 Å². The summed E-state index contributed by atoms with van der Waals surface area (Å²) in [5.74, 6) is 1.88. The highest BCUT2D eigenvalue weighted by Gasteiger charge is 2.25. The average molecular weight is 290 g/mol. The summed E-state index contributed by atoms with van der Waals surface area (Å²) in [6.07, 6.45) is 5.28. The lowest BCUT2D eigenvalue weighted by Crippen LogP contribution is -2.18. The van der Waals surface area contributed by atoms with Crippen molar-refractivity contribution in [3.05, 3.63) is 18.2 Å². The largest absolute Gasteiger partial charge is 0.494 e. The Morgan fingerprint density at radius 1 is 1.40 bits per heavy atom. The Kier molecular flexibility index (Phi) is 4.10. The third-order valence-corrected chi connectivity index (χ3v) is 4.76. The van der Waals surface area contributed by atoms with Gasteiger partial charge in [0.2, 0.25) is 0 Å². The molecule has 0 spiro atoms. The number of anilines is 1. The molecule has 108 valence electrons. The smallest absolute Gasteiger partial charge is 0.184 e. The number of nitrogens with zero attached hydrogens (tertiary/aromatic N) is 1. The molecule has 4 heteroatoms. The SMILES string of the molecule is CCOc1ccc2nc(NC(CC)CC3CC3)sc2c1. The van der Waals surface area contributed by atoms with E-state index in [0.29, 0.717) is 12.6 Å². The van der Waals surface area contributed by atoms with Crippen LogP contribution in [0.25, 0.3) is 10.2 Å². The van der Waals surface area contributed by atoms with Gasteiger partial charge < -0.3 is 10.1 Å². The van der Waals surface area contributed by atoms with Crippen LogP contribution in [0.1, 0.15) is 39.5 Å². The second-order valence-corrected chi connectivity index (χ2v) is 6.54. The minimum atomic E-state index is 0.564. The molecule has 1 N–H and O–H groups in total. The van der Waals surface area contributed by atoms with Gasteiger partial charge in [0.25, 0.3) is 0 Å². The Labute approximate surface area is 124 Å². The van der Waals surface area contributed by atoms with Crippen molar-refractivity contribution in [1.82, 2.24) is 4.98 Å². The van der Waals surface area contributed by atoms with Crippen LogP contribution in [0.4, 0.5) is 5.13 Å². The van der Waals surface area contributed by atoms with E-state index in [2.05, 4.69) is 23.3 Å². The Morgan fingerprint density at radius 2 is 2.25 bits per heavy atom. The molecule has 1 aliphatic rings. The zero-order chi connectivity index (χ0) is 13.9. The summed E-state index contributed by atoms with van der Waals surface area (Å²) >= 11 is 1.73. The molecule has 1 aliphatic carbocycles. The van der Waals surface area contributed by atoms with E-state index in [0.717, 1.165) is 28.7 Å². The molecule has 3 nitrogen and oxygen atoms in total. The fourth-order valence-electron chi connectivity index (χ4n) is 2.48.